The highest BCUT2D eigenvalue weighted by atomic mass is 16.6. The second kappa shape index (κ2) is 71.6. The third kappa shape index (κ3) is 69.8. The zero-order valence-corrected chi connectivity index (χ0v) is 55.7. The second-order valence-electron chi connectivity index (χ2n) is 24.8. The molecule has 0 spiro atoms. The van der Waals surface area contributed by atoms with Gasteiger partial charge in [-0.05, 0) is 57.8 Å². The van der Waals surface area contributed by atoms with Crippen LogP contribution in [-0.4, -0.2) is 37.2 Å². The van der Waals surface area contributed by atoms with E-state index in [1.807, 2.05) is 0 Å². The van der Waals surface area contributed by atoms with Crippen molar-refractivity contribution in [2.75, 3.05) is 13.2 Å². The van der Waals surface area contributed by atoms with Crippen LogP contribution in [0.3, 0.4) is 0 Å². The van der Waals surface area contributed by atoms with Gasteiger partial charge in [0.05, 0.1) is 0 Å². The van der Waals surface area contributed by atoms with Crippen LogP contribution in [0.4, 0.5) is 0 Å². The fraction of sp³-hybridized carbons (Fsp3) is 0.831. The SMILES string of the molecule is CC/C=C\C/C=C\C/C=C\C/C=C\C/C=C\CCCC(=O)OC(COC(=O)CCCCCCCCCCCCCCCCCCC)COC(=O)CCCCCCCCCCCCCCCCCCCCCCCCCCCCCCCCC. The highest BCUT2D eigenvalue weighted by molar-refractivity contribution is 5.71. The molecule has 484 valence electrons. The molecule has 0 amide bonds. The van der Waals surface area contributed by atoms with Crippen LogP contribution >= 0.6 is 0 Å². The van der Waals surface area contributed by atoms with Crippen molar-refractivity contribution in [3.05, 3.63) is 60.8 Å². The minimum atomic E-state index is -0.803. The zero-order valence-electron chi connectivity index (χ0n) is 55.7. The lowest BCUT2D eigenvalue weighted by atomic mass is 10.0. The number of allylic oxidation sites excluding steroid dienone is 10. The topological polar surface area (TPSA) is 78.9 Å². The summed E-state index contributed by atoms with van der Waals surface area (Å²) >= 11 is 0. The van der Waals surface area contributed by atoms with Crippen molar-refractivity contribution in [3.63, 3.8) is 0 Å². The number of hydrogen-bond donors (Lipinski definition) is 0. The molecule has 0 heterocycles. The molecule has 6 nitrogen and oxygen atoms in total. The van der Waals surface area contributed by atoms with Gasteiger partial charge in [-0.3, -0.25) is 14.4 Å². The molecule has 0 aliphatic carbocycles. The van der Waals surface area contributed by atoms with E-state index >= 15 is 0 Å². The van der Waals surface area contributed by atoms with E-state index < -0.39 is 6.10 Å². The van der Waals surface area contributed by atoms with Crippen molar-refractivity contribution in [2.45, 2.75) is 399 Å². The normalized spacial score (nSPS) is 12.4. The largest absolute Gasteiger partial charge is 0.462 e. The number of carbonyl (C=O) groups excluding carboxylic acids is 3. The van der Waals surface area contributed by atoms with Gasteiger partial charge in [0.2, 0.25) is 0 Å². The Bertz CT molecular complexity index is 1470. The Hall–Kier alpha value is -2.89. The van der Waals surface area contributed by atoms with E-state index in [1.54, 1.807) is 0 Å². The van der Waals surface area contributed by atoms with E-state index in [2.05, 4.69) is 81.5 Å². The molecule has 0 N–H and O–H groups in total. The van der Waals surface area contributed by atoms with E-state index in [-0.39, 0.29) is 37.5 Å². The summed E-state index contributed by atoms with van der Waals surface area (Å²) in [4.78, 5) is 38.4. The molecule has 0 aromatic carbocycles. The van der Waals surface area contributed by atoms with E-state index in [0.717, 1.165) is 77.0 Å². The number of ether oxygens (including phenoxy) is 3. The van der Waals surface area contributed by atoms with Crippen LogP contribution < -0.4 is 0 Å². The first-order valence-corrected chi connectivity index (χ1v) is 36.8. The molecule has 0 aliphatic heterocycles. The Morgan fingerprint density at radius 2 is 0.470 bits per heavy atom. The van der Waals surface area contributed by atoms with Gasteiger partial charge in [0, 0.05) is 19.3 Å². The number of unbranched alkanes of at least 4 members (excludes halogenated alkanes) is 47. The summed E-state index contributed by atoms with van der Waals surface area (Å²) in [7, 11) is 0. The highest BCUT2D eigenvalue weighted by Gasteiger charge is 2.19. The number of carbonyl (C=O) groups is 3. The molecular weight excluding hydrogens is 1020 g/mol. The number of hydrogen-bond acceptors (Lipinski definition) is 6. The van der Waals surface area contributed by atoms with Gasteiger partial charge in [0.1, 0.15) is 13.2 Å². The Morgan fingerprint density at radius 1 is 0.253 bits per heavy atom. The zero-order chi connectivity index (χ0) is 59.9. The van der Waals surface area contributed by atoms with Gasteiger partial charge in [-0.15, -0.1) is 0 Å². The maximum Gasteiger partial charge on any atom is 0.306 e. The molecule has 0 aromatic heterocycles. The third-order valence-electron chi connectivity index (χ3n) is 16.5. The van der Waals surface area contributed by atoms with E-state index in [4.69, 9.17) is 14.2 Å². The first-order valence-electron chi connectivity index (χ1n) is 36.8. The maximum atomic E-state index is 12.9. The van der Waals surface area contributed by atoms with E-state index in [0.29, 0.717) is 19.3 Å². The minimum absolute atomic E-state index is 0.0919. The van der Waals surface area contributed by atoms with Crippen molar-refractivity contribution >= 4 is 17.9 Å². The smallest absolute Gasteiger partial charge is 0.306 e. The summed E-state index contributed by atoms with van der Waals surface area (Å²) in [5, 5.41) is 0. The van der Waals surface area contributed by atoms with Gasteiger partial charge in [-0.1, -0.05) is 377 Å². The van der Waals surface area contributed by atoms with Crippen molar-refractivity contribution < 1.29 is 28.6 Å². The summed E-state index contributed by atoms with van der Waals surface area (Å²) in [5.74, 6) is -0.925. The minimum Gasteiger partial charge on any atom is -0.462 e. The summed E-state index contributed by atoms with van der Waals surface area (Å²) in [6.45, 7) is 6.55. The van der Waals surface area contributed by atoms with Crippen LogP contribution in [0, 0.1) is 0 Å². The molecular formula is C77H140O6. The van der Waals surface area contributed by atoms with Gasteiger partial charge in [-0.25, -0.2) is 0 Å². The first-order chi connectivity index (χ1) is 41.0. The quantitative estimate of drug-likeness (QED) is 0.0261. The van der Waals surface area contributed by atoms with Crippen molar-refractivity contribution in [1.82, 2.24) is 0 Å². The molecule has 0 rings (SSSR count). The predicted molar refractivity (Wildman–Crippen MR) is 362 cm³/mol. The van der Waals surface area contributed by atoms with Crippen LogP contribution in [0.15, 0.2) is 60.8 Å². The highest BCUT2D eigenvalue weighted by Crippen LogP contribution is 2.19. The average molecular weight is 1160 g/mol. The average Bonchev–Trinajstić information content (AvgIpc) is 3.50. The molecule has 0 saturated carbocycles. The van der Waals surface area contributed by atoms with Gasteiger partial charge < -0.3 is 14.2 Å². The van der Waals surface area contributed by atoms with Crippen LogP contribution in [0.2, 0.25) is 0 Å². The lowest BCUT2D eigenvalue weighted by Crippen LogP contribution is -2.30. The van der Waals surface area contributed by atoms with Gasteiger partial charge in [0.15, 0.2) is 6.10 Å². The predicted octanol–water partition coefficient (Wildman–Crippen LogP) is 25.5. The Morgan fingerprint density at radius 3 is 0.723 bits per heavy atom. The summed E-state index contributed by atoms with van der Waals surface area (Å²) in [5.41, 5.74) is 0. The van der Waals surface area contributed by atoms with E-state index in [9.17, 15) is 14.4 Å². The molecule has 83 heavy (non-hydrogen) atoms. The molecule has 0 aliphatic rings. The van der Waals surface area contributed by atoms with Gasteiger partial charge in [0.25, 0.3) is 0 Å². The third-order valence-corrected chi connectivity index (χ3v) is 16.5. The fourth-order valence-corrected chi connectivity index (χ4v) is 11.1. The molecule has 6 heteroatoms. The maximum absolute atomic E-state index is 12.9. The summed E-state index contributed by atoms with van der Waals surface area (Å²) < 4.78 is 16.9. The van der Waals surface area contributed by atoms with E-state index in [1.165, 1.54) is 270 Å². The Balaban J connectivity index is 4.22. The molecule has 1 atom stereocenters. The standard InChI is InChI=1S/C77H140O6/c1-4-7-10-13-16-19-22-25-28-31-32-33-34-35-36-37-38-39-40-41-42-43-44-47-49-52-55-58-61-64-67-70-76(79)82-73-74(83-77(80)71-68-65-62-59-56-53-50-46-30-27-24-21-18-15-12-9-6-3)72-81-75(78)69-66-63-60-57-54-51-48-45-29-26-23-20-17-14-11-8-5-2/h9,12,18,21,27,30,50,53,59,62,74H,4-8,10-11,13-17,19-20,22-26,28-29,31-49,51-52,54-58,60-61,63-73H2,1-3H3/b12-9-,21-18-,30-27-,53-50-,62-59-. The Kier molecular flexibility index (Phi) is 69.1. The molecule has 0 fully saturated rings. The van der Waals surface area contributed by atoms with Crippen molar-refractivity contribution in [2.24, 2.45) is 0 Å². The van der Waals surface area contributed by atoms with Gasteiger partial charge >= 0.3 is 17.9 Å². The monoisotopic (exact) mass is 1160 g/mol. The number of rotatable bonds is 68. The summed E-state index contributed by atoms with van der Waals surface area (Å²) in [6, 6.07) is 0. The van der Waals surface area contributed by atoms with Crippen LogP contribution in [-0.2, 0) is 28.6 Å². The van der Waals surface area contributed by atoms with Crippen molar-refractivity contribution in [1.29, 1.82) is 0 Å². The molecule has 1 unspecified atom stereocenters. The Labute approximate surface area is 517 Å². The van der Waals surface area contributed by atoms with Gasteiger partial charge in [-0.2, -0.15) is 0 Å². The van der Waals surface area contributed by atoms with Crippen LogP contribution in [0.25, 0.3) is 0 Å². The second-order valence-corrected chi connectivity index (χ2v) is 24.8. The van der Waals surface area contributed by atoms with Crippen LogP contribution in [0.5, 0.6) is 0 Å². The summed E-state index contributed by atoms with van der Waals surface area (Å²) in [6.07, 6.45) is 92.8. The number of esters is 3. The lowest BCUT2D eigenvalue weighted by molar-refractivity contribution is -0.167. The fourth-order valence-electron chi connectivity index (χ4n) is 11.1. The first kappa shape index (κ1) is 80.1. The lowest BCUT2D eigenvalue weighted by Gasteiger charge is -2.18. The molecule has 0 bridgehead atoms. The molecule has 0 radical (unpaired) electrons. The molecule has 0 saturated heterocycles. The van der Waals surface area contributed by atoms with Crippen LogP contribution in [0.1, 0.15) is 393 Å². The molecule has 0 aromatic rings. The van der Waals surface area contributed by atoms with Crippen molar-refractivity contribution in [3.8, 4) is 0 Å².